The predicted octanol–water partition coefficient (Wildman–Crippen LogP) is 3.33. The molecule has 0 aromatic heterocycles. The first-order chi connectivity index (χ1) is 13.0. The molecule has 0 aliphatic carbocycles. The van der Waals surface area contributed by atoms with Crippen LogP contribution in [0.1, 0.15) is 19.4 Å². The van der Waals surface area contributed by atoms with E-state index in [-0.39, 0.29) is 6.17 Å². The van der Waals surface area contributed by atoms with Crippen LogP contribution in [0.3, 0.4) is 0 Å². The van der Waals surface area contributed by atoms with Gasteiger partial charge in [-0.1, -0.05) is 37.0 Å². The van der Waals surface area contributed by atoms with Crippen molar-refractivity contribution in [2.24, 2.45) is 5.92 Å². The Hall–Kier alpha value is -1.40. The molecule has 7 heteroatoms. The molecule has 27 heavy (non-hydrogen) atoms. The van der Waals surface area contributed by atoms with Crippen LogP contribution < -0.4 is 10.6 Å². The number of hydrogen-bond acceptors (Lipinski definition) is 5. The summed E-state index contributed by atoms with van der Waals surface area (Å²) < 4.78 is 5.52. The minimum atomic E-state index is 0.185. The van der Waals surface area contributed by atoms with Gasteiger partial charge in [0, 0.05) is 42.1 Å². The van der Waals surface area contributed by atoms with Gasteiger partial charge in [0.15, 0.2) is 0 Å². The number of hydrogen-bond donors (Lipinski definition) is 2. The molecule has 3 aliphatic rings. The minimum Gasteiger partial charge on any atom is -0.383 e. The number of nitrogens with zero attached hydrogens (tertiary/aromatic N) is 2. The van der Waals surface area contributed by atoms with Crippen LogP contribution in [0.15, 0.2) is 35.8 Å². The van der Waals surface area contributed by atoms with Gasteiger partial charge in [-0.3, -0.25) is 4.90 Å². The summed E-state index contributed by atoms with van der Waals surface area (Å²) in [4.78, 5) is 4.82. The quantitative estimate of drug-likeness (QED) is 0.799. The van der Waals surface area contributed by atoms with Gasteiger partial charge in [0.25, 0.3) is 0 Å². The lowest BCUT2D eigenvalue weighted by Crippen LogP contribution is -2.48. The molecule has 146 valence electrons. The summed E-state index contributed by atoms with van der Waals surface area (Å²) in [6.07, 6.45) is 2.43. The maximum absolute atomic E-state index is 6.55. The fourth-order valence-corrected chi connectivity index (χ4v) is 4.28. The van der Waals surface area contributed by atoms with E-state index in [1.807, 2.05) is 18.2 Å². The smallest absolute Gasteiger partial charge is 0.121 e. The van der Waals surface area contributed by atoms with Crippen molar-refractivity contribution in [3.63, 3.8) is 0 Å². The Labute approximate surface area is 170 Å². The first-order valence-corrected chi connectivity index (χ1v) is 10.3. The SMILES string of the molecule is CC(C)C1=CN2C(CN3CCOCC3)=C(c3ccc(Cl)cc3Cl)NC2CN1. The molecule has 0 saturated carbocycles. The summed E-state index contributed by atoms with van der Waals surface area (Å²) in [5.74, 6) is 0.457. The van der Waals surface area contributed by atoms with Crippen LogP contribution in [0.2, 0.25) is 10.0 Å². The molecule has 1 unspecified atom stereocenters. The third kappa shape index (κ3) is 3.92. The van der Waals surface area contributed by atoms with Gasteiger partial charge < -0.3 is 20.3 Å². The van der Waals surface area contributed by atoms with Gasteiger partial charge in [-0.15, -0.1) is 0 Å². The Morgan fingerprint density at radius 3 is 2.70 bits per heavy atom. The lowest BCUT2D eigenvalue weighted by Gasteiger charge is -2.35. The highest BCUT2D eigenvalue weighted by Gasteiger charge is 2.35. The highest BCUT2D eigenvalue weighted by molar-refractivity contribution is 6.35. The van der Waals surface area contributed by atoms with E-state index in [4.69, 9.17) is 27.9 Å². The van der Waals surface area contributed by atoms with E-state index in [0.717, 1.165) is 50.7 Å². The Bertz CT molecular complexity index is 771. The standard InChI is InChI=1S/C20H26Cl2N4O/c1-13(2)17-11-26-18(12-25-5-7-27-8-6-25)20(24-19(26)10-23-17)15-4-3-14(21)9-16(15)22/h3-4,9,11,13,19,23-24H,5-8,10,12H2,1-2H3. The molecular formula is C20H26Cl2N4O. The Kier molecular flexibility index (Phi) is 5.55. The number of ether oxygens (including phenoxy) is 1. The zero-order valence-corrected chi connectivity index (χ0v) is 17.3. The van der Waals surface area contributed by atoms with Gasteiger partial charge >= 0.3 is 0 Å². The molecule has 0 amide bonds. The second kappa shape index (κ2) is 7.92. The number of benzene rings is 1. The normalized spacial score (nSPS) is 23.2. The van der Waals surface area contributed by atoms with E-state index in [2.05, 4.69) is 40.5 Å². The molecule has 1 aromatic carbocycles. The summed E-state index contributed by atoms with van der Waals surface area (Å²) in [7, 11) is 0. The lowest BCUT2D eigenvalue weighted by molar-refractivity contribution is 0.0397. The number of fused-ring (bicyclic) bond motifs is 1. The molecular weight excluding hydrogens is 383 g/mol. The average Bonchev–Trinajstić information content (AvgIpc) is 3.00. The summed E-state index contributed by atoms with van der Waals surface area (Å²) in [5.41, 5.74) is 4.61. The summed E-state index contributed by atoms with van der Waals surface area (Å²) >= 11 is 12.7. The summed E-state index contributed by atoms with van der Waals surface area (Å²) in [5, 5.41) is 8.56. The average molecular weight is 409 g/mol. The van der Waals surface area contributed by atoms with Crippen molar-refractivity contribution < 1.29 is 4.74 Å². The number of allylic oxidation sites excluding steroid dienone is 1. The van der Waals surface area contributed by atoms with Crippen LogP contribution in [0.25, 0.3) is 5.70 Å². The largest absolute Gasteiger partial charge is 0.383 e. The molecule has 3 heterocycles. The monoisotopic (exact) mass is 408 g/mol. The second-order valence-corrected chi connectivity index (χ2v) is 8.37. The molecule has 0 bridgehead atoms. The Balaban J connectivity index is 1.73. The molecule has 2 N–H and O–H groups in total. The highest BCUT2D eigenvalue weighted by Crippen LogP contribution is 2.35. The zero-order valence-electron chi connectivity index (χ0n) is 15.8. The topological polar surface area (TPSA) is 39.8 Å². The third-order valence-corrected chi connectivity index (χ3v) is 5.87. The number of halogens is 2. The van der Waals surface area contributed by atoms with E-state index in [9.17, 15) is 0 Å². The molecule has 1 fully saturated rings. The van der Waals surface area contributed by atoms with Gasteiger partial charge in [-0.25, -0.2) is 0 Å². The van der Waals surface area contributed by atoms with E-state index >= 15 is 0 Å². The van der Waals surface area contributed by atoms with Gasteiger partial charge in [0.2, 0.25) is 0 Å². The molecule has 1 aromatic rings. The summed E-state index contributed by atoms with van der Waals surface area (Å²) in [6, 6.07) is 5.71. The minimum absolute atomic E-state index is 0.185. The van der Waals surface area contributed by atoms with Crippen LogP contribution in [-0.2, 0) is 4.74 Å². The second-order valence-electron chi connectivity index (χ2n) is 7.52. The van der Waals surface area contributed by atoms with Gasteiger partial charge in [-0.05, 0) is 24.1 Å². The van der Waals surface area contributed by atoms with E-state index in [0.29, 0.717) is 16.0 Å². The maximum Gasteiger partial charge on any atom is 0.121 e. The Morgan fingerprint density at radius 2 is 2.00 bits per heavy atom. The molecule has 5 nitrogen and oxygen atoms in total. The van der Waals surface area contributed by atoms with Crippen LogP contribution >= 0.6 is 23.2 Å². The van der Waals surface area contributed by atoms with Crippen molar-refractivity contribution in [1.82, 2.24) is 20.4 Å². The van der Waals surface area contributed by atoms with Crippen molar-refractivity contribution in [2.75, 3.05) is 39.4 Å². The zero-order chi connectivity index (χ0) is 19.0. The summed E-state index contributed by atoms with van der Waals surface area (Å²) in [6.45, 7) is 9.61. The number of nitrogens with one attached hydrogen (secondary N) is 2. The van der Waals surface area contributed by atoms with Crippen LogP contribution in [0.5, 0.6) is 0 Å². The number of morpholine rings is 1. The van der Waals surface area contributed by atoms with Crippen molar-refractivity contribution in [2.45, 2.75) is 20.0 Å². The molecule has 4 rings (SSSR count). The van der Waals surface area contributed by atoms with Crippen LogP contribution in [0.4, 0.5) is 0 Å². The van der Waals surface area contributed by atoms with Gasteiger partial charge in [0.05, 0.1) is 36.2 Å². The molecule has 3 aliphatic heterocycles. The molecule has 0 spiro atoms. The lowest BCUT2D eigenvalue weighted by atomic mass is 10.1. The van der Waals surface area contributed by atoms with Crippen molar-refractivity contribution in [3.05, 3.63) is 51.4 Å². The first-order valence-electron chi connectivity index (χ1n) is 9.52. The fourth-order valence-electron chi connectivity index (χ4n) is 3.77. The maximum atomic E-state index is 6.55. The fraction of sp³-hybridized carbons (Fsp3) is 0.500. The molecule has 1 saturated heterocycles. The van der Waals surface area contributed by atoms with E-state index in [1.165, 1.54) is 11.4 Å². The predicted molar refractivity (Wildman–Crippen MR) is 110 cm³/mol. The van der Waals surface area contributed by atoms with E-state index in [1.54, 1.807) is 0 Å². The number of rotatable bonds is 4. The van der Waals surface area contributed by atoms with Crippen LogP contribution in [0, 0.1) is 5.92 Å². The molecule has 0 radical (unpaired) electrons. The Morgan fingerprint density at radius 1 is 1.22 bits per heavy atom. The van der Waals surface area contributed by atoms with Gasteiger partial charge in [-0.2, -0.15) is 0 Å². The van der Waals surface area contributed by atoms with Crippen molar-refractivity contribution in [3.8, 4) is 0 Å². The van der Waals surface area contributed by atoms with Crippen LogP contribution in [-0.4, -0.2) is 55.4 Å². The van der Waals surface area contributed by atoms with Gasteiger partial charge in [0.1, 0.15) is 6.17 Å². The third-order valence-electron chi connectivity index (χ3n) is 5.32. The van der Waals surface area contributed by atoms with Crippen molar-refractivity contribution in [1.29, 1.82) is 0 Å². The van der Waals surface area contributed by atoms with E-state index < -0.39 is 0 Å². The first kappa shape index (κ1) is 18.9. The van der Waals surface area contributed by atoms with Crippen molar-refractivity contribution >= 4 is 28.9 Å². The highest BCUT2D eigenvalue weighted by atomic mass is 35.5. The molecule has 1 atom stereocenters.